The normalized spacial score (nSPS) is 10.3. The zero-order valence-corrected chi connectivity index (χ0v) is 16.6. The molecule has 0 saturated heterocycles. The van der Waals surface area contributed by atoms with Gasteiger partial charge >= 0.3 is 0 Å². The standard InChI is InChI=1S/C22H23N5O2/c1-15-12-20(21(29)25-19-11-7-10-18(13-19)24-16(2)28)26-22(23-15)27(3)14-17-8-5-4-6-9-17/h4-13H,14H2,1-3H3,(H,24,28)(H,25,29). The molecule has 2 amide bonds. The Kier molecular flexibility index (Phi) is 6.19. The number of aromatic nitrogens is 2. The number of rotatable bonds is 6. The Labute approximate surface area is 169 Å². The molecule has 0 atom stereocenters. The molecule has 0 spiro atoms. The first-order valence-corrected chi connectivity index (χ1v) is 9.20. The highest BCUT2D eigenvalue weighted by Crippen LogP contribution is 2.17. The summed E-state index contributed by atoms with van der Waals surface area (Å²) in [4.78, 5) is 34.7. The number of carbonyl (C=O) groups is 2. The van der Waals surface area contributed by atoms with E-state index in [2.05, 4.69) is 20.6 Å². The molecule has 0 aliphatic carbocycles. The summed E-state index contributed by atoms with van der Waals surface area (Å²) in [5.41, 5.74) is 3.28. The third kappa shape index (κ3) is 5.62. The summed E-state index contributed by atoms with van der Waals surface area (Å²) in [5.74, 6) is -0.0400. The van der Waals surface area contributed by atoms with Gasteiger partial charge in [0, 0.05) is 37.6 Å². The molecule has 0 saturated carbocycles. The molecule has 1 heterocycles. The topological polar surface area (TPSA) is 87.2 Å². The van der Waals surface area contributed by atoms with Crippen LogP contribution < -0.4 is 15.5 Å². The number of nitrogens with one attached hydrogen (secondary N) is 2. The Bertz CT molecular complexity index is 1020. The van der Waals surface area contributed by atoms with E-state index >= 15 is 0 Å². The lowest BCUT2D eigenvalue weighted by atomic mass is 10.2. The van der Waals surface area contributed by atoms with E-state index in [1.807, 2.05) is 49.2 Å². The number of nitrogens with zero attached hydrogens (tertiary/aromatic N) is 3. The molecule has 3 rings (SSSR count). The van der Waals surface area contributed by atoms with Crippen molar-refractivity contribution in [3.63, 3.8) is 0 Å². The van der Waals surface area contributed by atoms with Crippen molar-refractivity contribution in [3.05, 3.63) is 77.6 Å². The van der Waals surface area contributed by atoms with E-state index in [9.17, 15) is 9.59 Å². The summed E-state index contributed by atoms with van der Waals surface area (Å²) in [5, 5.41) is 5.51. The summed E-state index contributed by atoms with van der Waals surface area (Å²) in [6.45, 7) is 3.89. The zero-order valence-electron chi connectivity index (χ0n) is 16.6. The van der Waals surface area contributed by atoms with Gasteiger partial charge in [-0.05, 0) is 36.8 Å². The SMILES string of the molecule is CC(=O)Nc1cccc(NC(=O)c2cc(C)nc(N(C)Cc3ccccc3)n2)c1. The lowest BCUT2D eigenvalue weighted by Crippen LogP contribution is -2.22. The van der Waals surface area contributed by atoms with E-state index in [4.69, 9.17) is 0 Å². The van der Waals surface area contributed by atoms with E-state index in [-0.39, 0.29) is 17.5 Å². The van der Waals surface area contributed by atoms with Gasteiger partial charge in [0.05, 0.1) is 0 Å². The number of carbonyl (C=O) groups excluding carboxylic acids is 2. The van der Waals surface area contributed by atoms with Gasteiger partial charge in [0.25, 0.3) is 5.91 Å². The molecule has 0 aliphatic heterocycles. The fraction of sp³-hybridized carbons (Fsp3) is 0.182. The van der Waals surface area contributed by atoms with Crippen molar-refractivity contribution in [1.29, 1.82) is 0 Å². The molecule has 0 fully saturated rings. The Morgan fingerprint density at radius 1 is 0.931 bits per heavy atom. The summed E-state index contributed by atoms with van der Waals surface area (Å²) < 4.78 is 0. The maximum absolute atomic E-state index is 12.7. The quantitative estimate of drug-likeness (QED) is 0.672. The first kappa shape index (κ1) is 20.0. The average Bonchev–Trinajstić information content (AvgIpc) is 2.68. The minimum Gasteiger partial charge on any atom is -0.340 e. The van der Waals surface area contributed by atoms with Crippen molar-refractivity contribution >= 4 is 29.1 Å². The van der Waals surface area contributed by atoms with Crippen molar-refractivity contribution < 1.29 is 9.59 Å². The lowest BCUT2D eigenvalue weighted by Gasteiger charge is -2.18. The van der Waals surface area contributed by atoms with Crippen LogP contribution in [0.1, 0.15) is 28.7 Å². The molecular formula is C22H23N5O2. The first-order chi connectivity index (χ1) is 13.9. The van der Waals surface area contributed by atoms with Gasteiger partial charge in [-0.1, -0.05) is 36.4 Å². The molecule has 0 aliphatic rings. The Hall–Kier alpha value is -3.74. The summed E-state index contributed by atoms with van der Waals surface area (Å²) in [6.07, 6.45) is 0. The monoisotopic (exact) mass is 389 g/mol. The number of anilines is 3. The van der Waals surface area contributed by atoms with Crippen LogP contribution in [0.3, 0.4) is 0 Å². The van der Waals surface area contributed by atoms with Crippen LogP contribution in [0.25, 0.3) is 0 Å². The number of hydrogen-bond donors (Lipinski definition) is 2. The van der Waals surface area contributed by atoms with Crippen LogP contribution in [-0.4, -0.2) is 28.8 Å². The molecule has 2 aromatic carbocycles. The third-order valence-electron chi connectivity index (χ3n) is 4.12. The number of aryl methyl sites for hydroxylation is 1. The van der Waals surface area contributed by atoms with Crippen LogP contribution in [0.5, 0.6) is 0 Å². The van der Waals surface area contributed by atoms with Gasteiger partial charge in [0.2, 0.25) is 11.9 Å². The largest absolute Gasteiger partial charge is 0.340 e. The molecule has 1 aromatic heterocycles. The van der Waals surface area contributed by atoms with Crippen LogP contribution in [0, 0.1) is 6.92 Å². The predicted octanol–water partition coefficient (Wildman–Crippen LogP) is 3.63. The van der Waals surface area contributed by atoms with Crippen molar-refractivity contribution in [2.24, 2.45) is 0 Å². The highest BCUT2D eigenvalue weighted by atomic mass is 16.2. The Balaban J connectivity index is 1.76. The highest BCUT2D eigenvalue weighted by Gasteiger charge is 2.14. The second-order valence-electron chi connectivity index (χ2n) is 6.75. The first-order valence-electron chi connectivity index (χ1n) is 9.20. The lowest BCUT2D eigenvalue weighted by molar-refractivity contribution is -0.114. The number of amides is 2. The molecular weight excluding hydrogens is 366 g/mol. The van der Waals surface area contributed by atoms with Gasteiger partial charge in [0.15, 0.2) is 0 Å². The van der Waals surface area contributed by atoms with Gasteiger partial charge in [-0.3, -0.25) is 9.59 Å². The summed E-state index contributed by atoms with van der Waals surface area (Å²) >= 11 is 0. The Morgan fingerprint density at radius 2 is 1.62 bits per heavy atom. The number of hydrogen-bond acceptors (Lipinski definition) is 5. The highest BCUT2D eigenvalue weighted by molar-refractivity contribution is 6.03. The molecule has 0 unspecified atom stereocenters. The predicted molar refractivity (Wildman–Crippen MR) is 114 cm³/mol. The molecule has 7 heteroatoms. The second kappa shape index (κ2) is 8.97. The van der Waals surface area contributed by atoms with Crippen molar-refractivity contribution in [1.82, 2.24) is 9.97 Å². The fourth-order valence-electron chi connectivity index (χ4n) is 2.84. The molecule has 0 radical (unpaired) electrons. The van der Waals surface area contributed by atoms with Crippen LogP contribution in [-0.2, 0) is 11.3 Å². The van der Waals surface area contributed by atoms with Gasteiger partial charge in [0.1, 0.15) is 5.69 Å². The van der Waals surface area contributed by atoms with E-state index in [1.54, 1.807) is 30.3 Å². The van der Waals surface area contributed by atoms with Gasteiger partial charge in [-0.25, -0.2) is 9.97 Å². The van der Waals surface area contributed by atoms with Crippen LogP contribution in [0.2, 0.25) is 0 Å². The minimum atomic E-state index is -0.343. The average molecular weight is 389 g/mol. The van der Waals surface area contributed by atoms with E-state index < -0.39 is 0 Å². The zero-order chi connectivity index (χ0) is 20.8. The smallest absolute Gasteiger partial charge is 0.274 e. The summed E-state index contributed by atoms with van der Waals surface area (Å²) in [7, 11) is 1.89. The molecule has 0 bridgehead atoms. The van der Waals surface area contributed by atoms with E-state index in [0.29, 0.717) is 29.6 Å². The van der Waals surface area contributed by atoms with Gasteiger partial charge in [-0.2, -0.15) is 0 Å². The minimum absolute atomic E-state index is 0.175. The van der Waals surface area contributed by atoms with Crippen LogP contribution >= 0.6 is 0 Å². The maximum Gasteiger partial charge on any atom is 0.274 e. The molecule has 2 N–H and O–H groups in total. The van der Waals surface area contributed by atoms with E-state index in [0.717, 1.165) is 5.56 Å². The van der Waals surface area contributed by atoms with Crippen molar-refractivity contribution in [2.75, 3.05) is 22.6 Å². The second-order valence-corrected chi connectivity index (χ2v) is 6.75. The van der Waals surface area contributed by atoms with Gasteiger partial charge in [-0.15, -0.1) is 0 Å². The molecule has 7 nitrogen and oxygen atoms in total. The Morgan fingerprint density at radius 3 is 2.31 bits per heavy atom. The summed E-state index contributed by atoms with van der Waals surface area (Å²) in [6, 6.07) is 18.6. The fourth-order valence-corrected chi connectivity index (χ4v) is 2.84. The van der Waals surface area contributed by atoms with Gasteiger partial charge < -0.3 is 15.5 Å². The maximum atomic E-state index is 12.7. The van der Waals surface area contributed by atoms with Crippen molar-refractivity contribution in [3.8, 4) is 0 Å². The molecule has 29 heavy (non-hydrogen) atoms. The van der Waals surface area contributed by atoms with E-state index in [1.165, 1.54) is 6.92 Å². The van der Waals surface area contributed by atoms with Crippen LogP contribution in [0.4, 0.5) is 17.3 Å². The third-order valence-corrected chi connectivity index (χ3v) is 4.12. The number of benzene rings is 2. The molecule has 148 valence electrons. The molecule has 3 aromatic rings. The van der Waals surface area contributed by atoms with Crippen LogP contribution in [0.15, 0.2) is 60.7 Å². The van der Waals surface area contributed by atoms with Crippen molar-refractivity contribution in [2.45, 2.75) is 20.4 Å².